The van der Waals surface area contributed by atoms with Crippen molar-refractivity contribution in [2.75, 3.05) is 12.1 Å². The first-order chi connectivity index (χ1) is 11.1. The molecule has 0 saturated heterocycles. The van der Waals surface area contributed by atoms with E-state index in [1.807, 2.05) is 0 Å². The van der Waals surface area contributed by atoms with Crippen LogP contribution in [0.25, 0.3) is 0 Å². The zero-order valence-electron chi connectivity index (χ0n) is 11.6. The minimum absolute atomic E-state index is 0.193. The van der Waals surface area contributed by atoms with Crippen LogP contribution in [-0.4, -0.2) is 19.1 Å². The summed E-state index contributed by atoms with van der Waals surface area (Å²) in [6.45, 7) is 0.193. The average molecular weight is 353 g/mol. The number of halogens is 2. The minimum atomic E-state index is -0.750. The van der Waals surface area contributed by atoms with Gasteiger partial charge < -0.3 is 9.47 Å². The molecule has 118 valence electrons. The Morgan fingerprint density at radius 3 is 2.78 bits per heavy atom. The number of carbonyl (C=O) groups is 1. The molecule has 3 rings (SSSR count). The lowest BCUT2D eigenvalue weighted by Gasteiger charge is -2.04. The van der Waals surface area contributed by atoms with Gasteiger partial charge in [0.1, 0.15) is 0 Å². The lowest BCUT2D eigenvalue weighted by molar-refractivity contribution is 0.167. The molecule has 2 aromatic rings. The summed E-state index contributed by atoms with van der Waals surface area (Å²) in [5.74, 6) is 1.29. The zero-order chi connectivity index (χ0) is 16.2. The fourth-order valence-corrected chi connectivity index (χ4v) is 2.14. The first-order valence-electron chi connectivity index (χ1n) is 6.48. The summed E-state index contributed by atoms with van der Waals surface area (Å²) >= 11 is 11.6. The van der Waals surface area contributed by atoms with Gasteiger partial charge >= 0.3 is 6.09 Å². The van der Waals surface area contributed by atoms with E-state index in [1.165, 1.54) is 12.3 Å². The summed E-state index contributed by atoms with van der Waals surface area (Å²) in [4.78, 5) is 16.3. The van der Waals surface area contributed by atoms with Crippen molar-refractivity contribution >= 4 is 41.2 Å². The Balaban J connectivity index is 1.57. The number of nitrogens with one attached hydrogen (secondary N) is 1. The molecule has 2 aromatic carbocycles. The van der Waals surface area contributed by atoms with Crippen molar-refractivity contribution < 1.29 is 19.1 Å². The molecule has 0 spiro atoms. The van der Waals surface area contributed by atoms with E-state index in [9.17, 15) is 4.79 Å². The van der Waals surface area contributed by atoms with Gasteiger partial charge in [0.05, 0.1) is 16.3 Å². The van der Waals surface area contributed by atoms with Crippen LogP contribution < -0.4 is 14.8 Å². The Labute approximate surface area is 141 Å². The van der Waals surface area contributed by atoms with Gasteiger partial charge in [-0.3, -0.25) is 10.2 Å². The maximum atomic E-state index is 11.6. The van der Waals surface area contributed by atoms with E-state index in [1.54, 1.807) is 30.3 Å². The smallest absolute Gasteiger partial charge is 0.437 e. The first-order valence-corrected chi connectivity index (χ1v) is 7.23. The Bertz CT molecular complexity index is 780. The standard InChI is InChI=1S/C15H10Cl2N2O4/c16-11-3-2-10(6-12(11)17)19-15(20)23-18-7-9-1-4-13-14(5-9)22-8-21-13/h1-7H,8H2,(H,19,20). The lowest BCUT2D eigenvalue weighted by atomic mass is 10.2. The molecule has 23 heavy (non-hydrogen) atoms. The molecule has 1 aliphatic heterocycles. The number of oxime groups is 1. The van der Waals surface area contributed by atoms with Gasteiger partial charge in [-0.2, -0.15) is 0 Å². The van der Waals surface area contributed by atoms with Crippen LogP contribution in [0, 0.1) is 0 Å². The molecule has 0 radical (unpaired) electrons. The lowest BCUT2D eigenvalue weighted by Crippen LogP contribution is -2.10. The second kappa shape index (κ2) is 6.76. The average Bonchev–Trinajstić information content (AvgIpc) is 2.98. The molecule has 0 aliphatic carbocycles. The van der Waals surface area contributed by atoms with Gasteiger partial charge in [0.2, 0.25) is 6.79 Å². The van der Waals surface area contributed by atoms with Crippen molar-refractivity contribution in [2.24, 2.45) is 5.16 Å². The molecule has 0 aromatic heterocycles. The molecule has 0 atom stereocenters. The predicted molar refractivity (Wildman–Crippen MR) is 86.7 cm³/mol. The number of nitrogens with zero attached hydrogens (tertiary/aromatic N) is 1. The van der Waals surface area contributed by atoms with Crippen LogP contribution in [-0.2, 0) is 4.84 Å². The molecule has 6 nitrogen and oxygen atoms in total. The number of anilines is 1. The third-order valence-corrected chi connectivity index (χ3v) is 3.64. The zero-order valence-corrected chi connectivity index (χ0v) is 13.1. The van der Waals surface area contributed by atoms with Gasteiger partial charge in [-0.15, -0.1) is 0 Å². The van der Waals surface area contributed by atoms with E-state index in [-0.39, 0.29) is 6.79 Å². The van der Waals surface area contributed by atoms with Gasteiger partial charge in [0, 0.05) is 11.3 Å². The van der Waals surface area contributed by atoms with Crippen molar-refractivity contribution in [1.82, 2.24) is 0 Å². The molecular weight excluding hydrogens is 343 g/mol. The van der Waals surface area contributed by atoms with Crippen molar-refractivity contribution in [1.29, 1.82) is 0 Å². The second-order valence-corrected chi connectivity index (χ2v) is 5.29. The van der Waals surface area contributed by atoms with Crippen LogP contribution in [0.5, 0.6) is 11.5 Å². The number of fused-ring (bicyclic) bond motifs is 1. The topological polar surface area (TPSA) is 69.2 Å². The molecular formula is C15H10Cl2N2O4. The number of hydrogen-bond acceptors (Lipinski definition) is 5. The molecule has 1 N–H and O–H groups in total. The third-order valence-electron chi connectivity index (χ3n) is 2.90. The largest absolute Gasteiger partial charge is 0.454 e. The molecule has 1 amide bonds. The quantitative estimate of drug-likeness (QED) is 0.507. The van der Waals surface area contributed by atoms with Crippen molar-refractivity contribution in [3.63, 3.8) is 0 Å². The SMILES string of the molecule is O=C(Nc1ccc(Cl)c(Cl)c1)ON=Cc1ccc2c(c1)OCO2. The molecule has 0 bridgehead atoms. The Morgan fingerprint density at radius 1 is 1.13 bits per heavy atom. The fourth-order valence-electron chi connectivity index (χ4n) is 1.84. The summed E-state index contributed by atoms with van der Waals surface area (Å²) in [5.41, 5.74) is 1.15. The highest BCUT2D eigenvalue weighted by atomic mass is 35.5. The number of hydrogen-bond donors (Lipinski definition) is 1. The predicted octanol–water partition coefficient (Wildman–Crippen LogP) is 4.30. The van der Waals surface area contributed by atoms with Gasteiger partial charge in [-0.1, -0.05) is 28.4 Å². The van der Waals surface area contributed by atoms with Crippen LogP contribution in [0.3, 0.4) is 0 Å². The highest BCUT2D eigenvalue weighted by Crippen LogP contribution is 2.32. The van der Waals surface area contributed by atoms with E-state index in [0.717, 1.165) is 0 Å². The summed E-state index contributed by atoms with van der Waals surface area (Å²) in [5, 5.41) is 6.81. The van der Waals surface area contributed by atoms with Crippen LogP contribution in [0.4, 0.5) is 10.5 Å². The number of ether oxygens (including phenoxy) is 2. The van der Waals surface area contributed by atoms with Crippen molar-refractivity contribution in [2.45, 2.75) is 0 Å². The summed E-state index contributed by atoms with van der Waals surface area (Å²) < 4.78 is 10.4. The fraction of sp³-hybridized carbons (Fsp3) is 0.0667. The maximum Gasteiger partial charge on any atom is 0.437 e. The van der Waals surface area contributed by atoms with E-state index in [0.29, 0.717) is 32.8 Å². The van der Waals surface area contributed by atoms with Crippen molar-refractivity contribution in [3.8, 4) is 11.5 Å². The third kappa shape index (κ3) is 3.85. The first kappa shape index (κ1) is 15.5. The normalized spacial score (nSPS) is 12.4. The van der Waals surface area contributed by atoms with E-state index in [4.69, 9.17) is 37.5 Å². The molecule has 0 saturated carbocycles. The summed E-state index contributed by atoms with van der Waals surface area (Å²) in [7, 11) is 0. The molecule has 1 heterocycles. The van der Waals surface area contributed by atoms with E-state index in [2.05, 4.69) is 10.5 Å². The molecule has 8 heteroatoms. The highest BCUT2D eigenvalue weighted by Gasteiger charge is 2.12. The Kier molecular flexibility index (Phi) is 4.55. The number of carbonyl (C=O) groups excluding carboxylic acids is 1. The molecule has 1 aliphatic rings. The highest BCUT2D eigenvalue weighted by molar-refractivity contribution is 6.42. The number of benzene rings is 2. The Hall–Kier alpha value is -2.44. The monoisotopic (exact) mass is 352 g/mol. The van der Waals surface area contributed by atoms with Crippen LogP contribution in [0.15, 0.2) is 41.6 Å². The number of rotatable bonds is 3. The molecule has 0 unspecified atom stereocenters. The minimum Gasteiger partial charge on any atom is -0.454 e. The van der Waals surface area contributed by atoms with Crippen molar-refractivity contribution in [3.05, 3.63) is 52.0 Å². The Morgan fingerprint density at radius 2 is 1.96 bits per heavy atom. The summed E-state index contributed by atoms with van der Waals surface area (Å²) in [6, 6.07) is 9.90. The van der Waals surface area contributed by atoms with Crippen LogP contribution in [0.1, 0.15) is 5.56 Å². The van der Waals surface area contributed by atoms with Crippen LogP contribution >= 0.6 is 23.2 Å². The van der Waals surface area contributed by atoms with E-state index < -0.39 is 6.09 Å². The summed E-state index contributed by atoms with van der Waals surface area (Å²) in [6.07, 6.45) is 0.636. The van der Waals surface area contributed by atoms with Gasteiger partial charge in [0.25, 0.3) is 0 Å². The van der Waals surface area contributed by atoms with Gasteiger partial charge in [-0.25, -0.2) is 4.79 Å². The van der Waals surface area contributed by atoms with Crippen LogP contribution in [0.2, 0.25) is 10.0 Å². The number of amides is 1. The maximum absolute atomic E-state index is 11.6. The van der Waals surface area contributed by atoms with Gasteiger partial charge in [0.15, 0.2) is 11.5 Å². The second-order valence-electron chi connectivity index (χ2n) is 4.48. The molecule has 0 fully saturated rings. The van der Waals surface area contributed by atoms with E-state index >= 15 is 0 Å². The van der Waals surface area contributed by atoms with Gasteiger partial charge in [-0.05, 0) is 36.4 Å².